The molecule has 0 saturated heterocycles. The van der Waals surface area contributed by atoms with E-state index < -0.39 is 5.92 Å². The van der Waals surface area contributed by atoms with Crippen molar-refractivity contribution in [3.05, 3.63) is 40.9 Å². The molecule has 2 heterocycles. The van der Waals surface area contributed by atoms with E-state index in [0.29, 0.717) is 10.9 Å². The lowest BCUT2D eigenvalue weighted by atomic mass is 9.87. The summed E-state index contributed by atoms with van der Waals surface area (Å²) in [4.78, 5) is 29.8. The number of hydrogen-bond donors (Lipinski definition) is 0. The predicted octanol–water partition coefficient (Wildman–Crippen LogP) is 2.06. The summed E-state index contributed by atoms with van der Waals surface area (Å²) in [5.74, 6) is -0.473. The number of dihydropyridines is 1. The highest BCUT2D eigenvalue weighted by atomic mass is 35.5. The number of imide groups is 1. The Morgan fingerprint density at radius 1 is 1.29 bits per heavy atom. The number of aliphatic imine (C=N–C) groups is 1. The molecule has 0 fully saturated rings. The normalized spacial score (nSPS) is 21.6. The van der Waals surface area contributed by atoms with Crippen molar-refractivity contribution in [1.29, 1.82) is 0 Å². The molecule has 0 bridgehead atoms. The fraction of sp³-hybridized carbons (Fsp3) is 0.200. The summed E-state index contributed by atoms with van der Waals surface area (Å²) in [6.07, 6.45) is 3.36. The number of urea groups is 1. The highest BCUT2D eigenvalue weighted by Crippen LogP contribution is 2.34. The van der Waals surface area contributed by atoms with Crippen LogP contribution in [0.15, 0.2) is 35.3 Å². The van der Waals surface area contributed by atoms with Gasteiger partial charge in [-0.3, -0.25) is 4.79 Å². The number of halogens is 1. The van der Waals surface area contributed by atoms with Gasteiger partial charge in [-0.25, -0.2) is 4.79 Å². The third-order valence-electron chi connectivity index (χ3n) is 3.71. The van der Waals surface area contributed by atoms with Crippen LogP contribution in [0.2, 0.25) is 5.02 Å². The molecular formula is C15H13ClN3O2+. The van der Waals surface area contributed by atoms with Gasteiger partial charge in [0.15, 0.2) is 5.92 Å². The van der Waals surface area contributed by atoms with Gasteiger partial charge in [0, 0.05) is 5.02 Å². The summed E-state index contributed by atoms with van der Waals surface area (Å²) in [5, 5.41) is 0.563. The van der Waals surface area contributed by atoms with Crippen molar-refractivity contribution in [2.45, 2.75) is 0 Å². The Balaban J connectivity index is 2.19. The first kappa shape index (κ1) is 13.7. The van der Waals surface area contributed by atoms with Crippen molar-refractivity contribution in [1.82, 2.24) is 4.90 Å². The zero-order chi connectivity index (χ0) is 15.1. The minimum Gasteiger partial charge on any atom is -0.255 e. The Morgan fingerprint density at radius 2 is 2.00 bits per heavy atom. The second-order valence-corrected chi connectivity index (χ2v) is 5.32. The van der Waals surface area contributed by atoms with E-state index in [-0.39, 0.29) is 11.9 Å². The lowest BCUT2D eigenvalue weighted by Gasteiger charge is -2.27. The zero-order valence-corrected chi connectivity index (χ0v) is 12.3. The van der Waals surface area contributed by atoms with Crippen LogP contribution in [0.3, 0.4) is 0 Å². The van der Waals surface area contributed by atoms with Crippen LogP contribution in [0.25, 0.3) is 5.57 Å². The summed E-state index contributed by atoms with van der Waals surface area (Å²) >= 11 is 6.24. The third kappa shape index (κ3) is 2.01. The van der Waals surface area contributed by atoms with Gasteiger partial charge in [-0.1, -0.05) is 29.8 Å². The molecule has 1 unspecified atom stereocenters. The van der Waals surface area contributed by atoms with E-state index in [1.807, 2.05) is 18.2 Å². The Hall–Kier alpha value is -2.27. The molecule has 0 aliphatic carbocycles. The van der Waals surface area contributed by atoms with E-state index in [1.165, 1.54) is 11.6 Å². The van der Waals surface area contributed by atoms with Crippen LogP contribution in [0, 0.1) is 5.92 Å². The number of amides is 3. The molecule has 1 aromatic rings. The quantitative estimate of drug-likeness (QED) is 0.746. The molecule has 0 radical (unpaired) electrons. The second-order valence-electron chi connectivity index (χ2n) is 4.91. The SMILES string of the molecule is CN1C(=O)C2C(c3ccccc3Cl)=CC=NC2=[N+](C)C1=O. The number of amidine groups is 1. The summed E-state index contributed by atoms with van der Waals surface area (Å²) in [6.45, 7) is 0. The van der Waals surface area contributed by atoms with Crippen LogP contribution >= 0.6 is 11.6 Å². The van der Waals surface area contributed by atoms with Crippen molar-refractivity contribution in [2.75, 3.05) is 14.1 Å². The first-order valence-electron chi connectivity index (χ1n) is 6.43. The summed E-state index contributed by atoms with van der Waals surface area (Å²) in [7, 11) is 3.08. The second kappa shape index (κ2) is 4.93. The molecule has 0 aromatic heterocycles. The molecule has 1 atom stereocenters. The van der Waals surface area contributed by atoms with Crippen LogP contribution in [0.5, 0.6) is 0 Å². The summed E-state index contributed by atoms with van der Waals surface area (Å²) in [5.41, 5.74) is 1.53. The van der Waals surface area contributed by atoms with Crippen molar-refractivity contribution >= 4 is 41.2 Å². The van der Waals surface area contributed by atoms with Gasteiger partial charge in [0.25, 0.3) is 5.84 Å². The van der Waals surface area contributed by atoms with Crippen molar-refractivity contribution in [3.8, 4) is 0 Å². The summed E-state index contributed by atoms with van der Waals surface area (Å²) < 4.78 is 1.40. The predicted molar refractivity (Wildman–Crippen MR) is 80.8 cm³/mol. The van der Waals surface area contributed by atoms with Crippen LogP contribution in [0.4, 0.5) is 4.79 Å². The molecule has 3 amide bonds. The first-order valence-corrected chi connectivity index (χ1v) is 6.81. The molecule has 2 aliphatic heterocycles. The van der Waals surface area contributed by atoms with Crippen LogP contribution in [-0.4, -0.2) is 47.6 Å². The monoisotopic (exact) mass is 302 g/mol. The molecule has 0 spiro atoms. The standard InChI is InChI=1S/C15H13ClN3O2/c1-18-13-12(14(20)19(2)15(18)21)10(7-8-17-13)9-5-3-4-6-11(9)16/h3-8,12H,1-2H3/q+1. The molecule has 21 heavy (non-hydrogen) atoms. The van der Waals surface area contributed by atoms with Crippen LogP contribution in [-0.2, 0) is 4.79 Å². The first-order chi connectivity index (χ1) is 10.0. The topological polar surface area (TPSA) is 52.8 Å². The number of allylic oxidation sites excluding steroid dienone is 1. The largest absolute Gasteiger partial charge is 0.445 e. The number of rotatable bonds is 1. The Bertz CT molecular complexity index is 749. The van der Waals surface area contributed by atoms with Gasteiger partial charge in [-0.05, 0) is 23.3 Å². The highest BCUT2D eigenvalue weighted by molar-refractivity contribution is 6.33. The Morgan fingerprint density at radius 3 is 2.71 bits per heavy atom. The van der Waals surface area contributed by atoms with E-state index >= 15 is 0 Å². The van der Waals surface area contributed by atoms with Crippen LogP contribution in [0.1, 0.15) is 5.56 Å². The molecular weight excluding hydrogens is 290 g/mol. The van der Waals surface area contributed by atoms with E-state index in [9.17, 15) is 9.59 Å². The van der Waals surface area contributed by atoms with Gasteiger partial charge in [0.2, 0.25) is 0 Å². The van der Waals surface area contributed by atoms with Gasteiger partial charge in [-0.2, -0.15) is 9.48 Å². The van der Waals surface area contributed by atoms with Crippen molar-refractivity contribution in [3.63, 3.8) is 0 Å². The minimum atomic E-state index is -0.609. The number of carbonyl (C=O) groups excluding carboxylic acids is 2. The Kier molecular flexibility index (Phi) is 3.22. The van der Waals surface area contributed by atoms with Crippen molar-refractivity contribution < 1.29 is 14.2 Å². The number of carbonyl (C=O) groups is 2. The van der Waals surface area contributed by atoms with Gasteiger partial charge in [0.05, 0.1) is 14.1 Å². The maximum absolute atomic E-state index is 12.5. The van der Waals surface area contributed by atoms with Gasteiger partial charge in [-0.15, -0.1) is 4.99 Å². The average molecular weight is 303 g/mol. The van der Waals surface area contributed by atoms with E-state index in [0.717, 1.165) is 16.0 Å². The lowest BCUT2D eigenvalue weighted by Crippen LogP contribution is -2.52. The average Bonchev–Trinajstić information content (AvgIpc) is 2.50. The fourth-order valence-corrected chi connectivity index (χ4v) is 2.82. The van der Waals surface area contributed by atoms with E-state index in [1.54, 1.807) is 25.4 Å². The Labute approximate surface area is 126 Å². The molecule has 3 rings (SSSR count). The van der Waals surface area contributed by atoms with Gasteiger partial charge < -0.3 is 0 Å². The van der Waals surface area contributed by atoms with E-state index in [4.69, 9.17) is 11.6 Å². The van der Waals surface area contributed by atoms with E-state index in [2.05, 4.69) is 4.99 Å². The summed E-state index contributed by atoms with van der Waals surface area (Å²) in [6, 6.07) is 6.94. The number of fused-ring (bicyclic) bond motifs is 1. The maximum atomic E-state index is 12.5. The molecule has 1 aromatic carbocycles. The molecule has 6 heteroatoms. The fourth-order valence-electron chi connectivity index (χ4n) is 2.58. The third-order valence-corrected chi connectivity index (χ3v) is 4.04. The molecule has 5 nitrogen and oxygen atoms in total. The molecule has 2 aliphatic rings. The van der Waals surface area contributed by atoms with Crippen LogP contribution < -0.4 is 0 Å². The number of benzene rings is 1. The smallest absolute Gasteiger partial charge is 0.255 e. The number of nitrogens with zero attached hydrogens (tertiary/aromatic N) is 3. The molecule has 0 N–H and O–H groups in total. The highest BCUT2D eigenvalue weighted by Gasteiger charge is 2.47. The van der Waals surface area contributed by atoms with Crippen molar-refractivity contribution in [2.24, 2.45) is 10.9 Å². The lowest BCUT2D eigenvalue weighted by molar-refractivity contribution is -0.407. The molecule has 106 valence electrons. The zero-order valence-electron chi connectivity index (χ0n) is 11.6. The minimum absolute atomic E-state index is 0.295. The maximum Gasteiger partial charge on any atom is 0.445 e. The van der Waals surface area contributed by atoms with Gasteiger partial charge in [0.1, 0.15) is 6.21 Å². The van der Waals surface area contributed by atoms with Gasteiger partial charge >= 0.3 is 11.9 Å². The number of hydrogen-bond acceptors (Lipinski definition) is 3. The molecule has 0 saturated carbocycles.